The molecule has 1 atom stereocenters. The number of aromatic nitrogens is 1. The average molecular weight is 317 g/mol. The van der Waals surface area contributed by atoms with Gasteiger partial charge >= 0.3 is 0 Å². The number of carbonyl (C=O) groups excluding carboxylic acids is 2. The molecule has 23 heavy (non-hydrogen) atoms. The first kappa shape index (κ1) is 15.9. The topological polar surface area (TPSA) is 62.7 Å². The SMILES string of the molecule is COCC(=O)N1CCCC2(CCC(=O)N2Cc2cccnc2)C1. The number of nitrogens with zero attached hydrogens (tertiary/aromatic N) is 3. The van der Waals surface area contributed by atoms with Crippen LogP contribution in [0.1, 0.15) is 31.2 Å². The van der Waals surface area contributed by atoms with Crippen molar-refractivity contribution in [2.24, 2.45) is 0 Å². The Morgan fingerprint density at radius 3 is 3.04 bits per heavy atom. The fourth-order valence-corrected chi connectivity index (χ4v) is 3.77. The molecule has 1 spiro atoms. The van der Waals surface area contributed by atoms with Gasteiger partial charge < -0.3 is 14.5 Å². The first-order valence-corrected chi connectivity index (χ1v) is 8.11. The first-order valence-electron chi connectivity index (χ1n) is 8.11. The van der Waals surface area contributed by atoms with Crippen LogP contribution in [0, 0.1) is 0 Å². The van der Waals surface area contributed by atoms with E-state index in [0.29, 0.717) is 19.5 Å². The van der Waals surface area contributed by atoms with E-state index >= 15 is 0 Å². The summed E-state index contributed by atoms with van der Waals surface area (Å²) in [5.41, 5.74) is 0.802. The minimum atomic E-state index is -0.228. The Labute approximate surface area is 136 Å². The van der Waals surface area contributed by atoms with E-state index in [0.717, 1.165) is 31.4 Å². The minimum Gasteiger partial charge on any atom is -0.375 e. The highest BCUT2D eigenvalue weighted by Gasteiger charge is 2.48. The van der Waals surface area contributed by atoms with Crippen LogP contribution in [0.3, 0.4) is 0 Å². The number of methoxy groups -OCH3 is 1. The van der Waals surface area contributed by atoms with Crippen LogP contribution < -0.4 is 0 Å². The van der Waals surface area contributed by atoms with Gasteiger partial charge in [-0.15, -0.1) is 0 Å². The standard InChI is InChI=1S/C17H23N3O3/c1-23-12-16(22)19-9-3-6-17(13-19)7-5-15(21)20(17)11-14-4-2-8-18-10-14/h2,4,8,10H,3,5-7,9,11-13H2,1H3. The minimum absolute atomic E-state index is 0.00671. The number of likely N-dealkylation sites (tertiary alicyclic amines) is 2. The number of hydrogen-bond acceptors (Lipinski definition) is 4. The van der Waals surface area contributed by atoms with Crippen LogP contribution in [0.5, 0.6) is 0 Å². The maximum atomic E-state index is 12.4. The van der Waals surface area contributed by atoms with Gasteiger partial charge in [-0.25, -0.2) is 0 Å². The molecule has 2 fully saturated rings. The van der Waals surface area contributed by atoms with Crippen LogP contribution in [0.2, 0.25) is 0 Å². The summed E-state index contributed by atoms with van der Waals surface area (Å²) in [4.78, 5) is 32.6. The third kappa shape index (κ3) is 3.22. The monoisotopic (exact) mass is 317 g/mol. The molecule has 0 aliphatic carbocycles. The summed E-state index contributed by atoms with van der Waals surface area (Å²) in [6.07, 6.45) is 6.80. The summed E-state index contributed by atoms with van der Waals surface area (Å²) in [7, 11) is 1.53. The molecule has 2 aliphatic heterocycles. The highest BCUT2D eigenvalue weighted by molar-refractivity contribution is 5.81. The lowest BCUT2D eigenvalue weighted by Crippen LogP contribution is -2.57. The Morgan fingerprint density at radius 2 is 2.30 bits per heavy atom. The molecular formula is C17H23N3O3. The fraction of sp³-hybridized carbons (Fsp3) is 0.588. The molecule has 6 nitrogen and oxygen atoms in total. The van der Waals surface area contributed by atoms with Crippen LogP contribution in [-0.2, 0) is 20.9 Å². The van der Waals surface area contributed by atoms with Crippen LogP contribution in [0.4, 0.5) is 0 Å². The van der Waals surface area contributed by atoms with Gasteiger partial charge in [0.25, 0.3) is 0 Å². The van der Waals surface area contributed by atoms with Gasteiger partial charge in [-0.1, -0.05) is 6.07 Å². The number of ether oxygens (including phenoxy) is 1. The number of piperidine rings is 1. The van der Waals surface area contributed by atoms with E-state index in [1.165, 1.54) is 7.11 Å². The van der Waals surface area contributed by atoms with Gasteiger partial charge in [0.2, 0.25) is 11.8 Å². The van der Waals surface area contributed by atoms with Crippen molar-refractivity contribution in [3.63, 3.8) is 0 Å². The zero-order valence-corrected chi connectivity index (χ0v) is 13.5. The van der Waals surface area contributed by atoms with E-state index in [9.17, 15) is 9.59 Å². The second-order valence-corrected chi connectivity index (χ2v) is 6.42. The predicted molar refractivity (Wildman–Crippen MR) is 84.4 cm³/mol. The van der Waals surface area contributed by atoms with Crippen LogP contribution in [-0.4, -0.2) is 58.9 Å². The molecular weight excluding hydrogens is 294 g/mol. The van der Waals surface area contributed by atoms with Gasteiger partial charge in [-0.3, -0.25) is 14.6 Å². The Kier molecular flexibility index (Phi) is 4.61. The van der Waals surface area contributed by atoms with Crippen LogP contribution in [0.25, 0.3) is 0 Å². The second-order valence-electron chi connectivity index (χ2n) is 6.42. The van der Waals surface area contributed by atoms with E-state index in [-0.39, 0.29) is 24.0 Å². The van der Waals surface area contributed by atoms with Gasteiger partial charge in [-0.2, -0.15) is 0 Å². The summed E-state index contributed by atoms with van der Waals surface area (Å²) in [5.74, 6) is 0.183. The van der Waals surface area contributed by atoms with E-state index < -0.39 is 0 Å². The van der Waals surface area contributed by atoms with E-state index in [2.05, 4.69) is 4.98 Å². The largest absolute Gasteiger partial charge is 0.375 e. The van der Waals surface area contributed by atoms with Crippen molar-refractivity contribution in [3.05, 3.63) is 30.1 Å². The molecule has 1 aromatic rings. The molecule has 0 N–H and O–H groups in total. The van der Waals surface area contributed by atoms with Gasteiger partial charge in [0.1, 0.15) is 6.61 Å². The normalized spacial score (nSPS) is 24.5. The maximum absolute atomic E-state index is 12.4. The molecule has 3 heterocycles. The summed E-state index contributed by atoms with van der Waals surface area (Å²) in [6, 6.07) is 3.88. The zero-order chi connectivity index (χ0) is 16.3. The van der Waals surface area contributed by atoms with Crippen LogP contribution >= 0.6 is 0 Å². The highest BCUT2D eigenvalue weighted by atomic mass is 16.5. The first-order chi connectivity index (χ1) is 11.1. The van der Waals surface area contributed by atoms with Crippen molar-refractivity contribution in [1.29, 1.82) is 0 Å². The summed E-state index contributed by atoms with van der Waals surface area (Å²) >= 11 is 0. The Balaban J connectivity index is 1.78. The smallest absolute Gasteiger partial charge is 0.248 e. The van der Waals surface area contributed by atoms with Crippen molar-refractivity contribution in [2.45, 2.75) is 37.8 Å². The molecule has 0 saturated carbocycles. The third-order valence-electron chi connectivity index (χ3n) is 4.92. The van der Waals surface area contributed by atoms with Gasteiger partial charge in [0.15, 0.2) is 0 Å². The van der Waals surface area contributed by atoms with Crippen molar-refractivity contribution in [3.8, 4) is 0 Å². The number of rotatable bonds is 4. The predicted octanol–water partition coefficient (Wildman–Crippen LogP) is 1.21. The molecule has 1 unspecified atom stereocenters. The van der Waals surface area contributed by atoms with Gasteiger partial charge in [0, 0.05) is 45.6 Å². The lowest BCUT2D eigenvalue weighted by molar-refractivity contribution is -0.143. The lowest BCUT2D eigenvalue weighted by atomic mass is 9.86. The van der Waals surface area contributed by atoms with Crippen molar-refractivity contribution in [2.75, 3.05) is 26.8 Å². The molecule has 0 aromatic carbocycles. The van der Waals surface area contributed by atoms with Gasteiger partial charge in [0.05, 0.1) is 5.54 Å². The average Bonchev–Trinajstić information content (AvgIpc) is 2.85. The van der Waals surface area contributed by atoms with E-state index in [1.54, 1.807) is 12.4 Å². The Bertz CT molecular complexity index is 578. The molecule has 2 saturated heterocycles. The lowest BCUT2D eigenvalue weighted by Gasteiger charge is -2.46. The molecule has 6 heteroatoms. The van der Waals surface area contributed by atoms with Crippen molar-refractivity contribution in [1.82, 2.24) is 14.8 Å². The van der Waals surface area contributed by atoms with E-state index in [1.807, 2.05) is 21.9 Å². The molecule has 3 rings (SSSR count). The maximum Gasteiger partial charge on any atom is 0.248 e. The molecule has 0 radical (unpaired) electrons. The Morgan fingerprint density at radius 1 is 1.43 bits per heavy atom. The molecule has 124 valence electrons. The summed E-state index contributed by atoms with van der Waals surface area (Å²) in [6.45, 7) is 2.03. The number of carbonyl (C=O) groups is 2. The molecule has 2 aliphatic rings. The number of pyridine rings is 1. The van der Waals surface area contributed by atoms with Crippen LogP contribution in [0.15, 0.2) is 24.5 Å². The Hall–Kier alpha value is -1.95. The summed E-state index contributed by atoms with van der Waals surface area (Å²) < 4.78 is 4.97. The molecule has 0 bridgehead atoms. The van der Waals surface area contributed by atoms with E-state index in [4.69, 9.17) is 4.74 Å². The quantitative estimate of drug-likeness (QED) is 0.837. The van der Waals surface area contributed by atoms with Crippen molar-refractivity contribution >= 4 is 11.8 Å². The number of amides is 2. The molecule has 1 aromatic heterocycles. The fourth-order valence-electron chi connectivity index (χ4n) is 3.77. The third-order valence-corrected chi connectivity index (χ3v) is 4.92. The van der Waals surface area contributed by atoms with Crippen molar-refractivity contribution < 1.29 is 14.3 Å². The second kappa shape index (κ2) is 6.66. The summed E-state index contributed by atoms with van der Waals surface area (Å²) in [5, 5.41) is 0. The zero-order valence-electron chi connectivity index (χ0n) is 13.5. The number of hydrogen-bond donors (Lipinski definition) is 0. The highest BCUT2D eigenvalue weighted by Crippen LogP contribution is 2.38. The van der Waals surface area contributed by atoms with Gasteiger partial charge in [-0.05, 0) is 30.9 Å². The molecule has 2 amide bonds.